The average Bonchev–Trinajstić information content (AvgIpc) is 2.30. The Morgan fingerprint density at radius 1 is 1.25 bits per heavy atom. The maximum absolute atomic E-state index is 12.2. The van der Waals surface area contributed by atoms with E-state index in [0.29, 0.717) is 5.78 Å². The van der Waals surface area contributed by atoms with Crippen LogP contribution in [0, 0.1) is 18.8 Å². The lowest BCUT2D eigenvalue weighted by Crippen LogP contribution is -2.21. The summed E-state index contributed by atoms with van der Waals surface area (Å²) in [5.74, 6) is 1.32. The Balaban J connectivity index is 2.05. The van der Waals surface area contributed by atoms with Crippen LogP contribution in [0.4, 0.5) is 0 Å². The van der Waals surface area contributed by atoms with Crippen LogP contribution in [-0.4, -0.2) is 10.8 Å². The Hall–Kier alpha value is -1.18. The van der Waals surface area contributed by atoms with E-state index < -0.39 is 0 Å². The molecule has 16 heavy (non-hydrogen) atoms. The lowest BCUT2D eigenvalue weighted by atomic mass is 9.79. The minimum atomic E-state index is 0.237. The summed E-state index contributed by atoms with van der Waals surface area (Å²) in [7, 11) is 0. The number of hydrogen-bond acceptors (Lipinski definition) is 2. The van der Waals surface area contributed by atoms with Crippen molar-refractivity contribution in [3.8, 4) is 0 Å². The van der Waals surface area contributed by atoms with Gasteiger partial charge in [0.1, 0.15) is 0 Å². The van der Waals surface area contributed by atoms with Crippen LogP contribution in [0.5, 0.6) is 0 Å². The van der Waals surface area contributed by atoms with Crippen molar-refractivity contribution in [1.29, 1.82) is 0 Å². The zero-order chi connectivity index (χ0) is 11.5. The van der Waals surface area contributed by atoms with Gasteiger partial charge in [-0.15, -0.1) is 0 Å². The molecule has 2 rings (SSSR count). The van der Waals surface area contributed by atoms with Gasteiger partial charge in [0, 0.05) is 23.4 Å². The standard InChI is InChI=1S/C14H19NO/c1-10-3-6-12(7-4-10)14(16)13-8-5-11(2)15-9-13/h5,8-10,12H,3-4,6-7H2,1-2H3. The molecule has 2 heteroatoms. The van der Waals surface area contributed by atoms with Crippen LogP contribution in [0.3, 0.4) is 0 Å². The van der Waals surface area contributed by atoms with Gasteiger partial charge in [0.05, 0.1) is 0 Å². The van der Waals surface area contributed by atoms with Crippen LogP contribution < -0.4 is 0 Å². The third-order valence-electron chi connectivity index (χ3n) is 3.58. The zero-order valence-corrected chi connectivity index (χ0v) is 10.1. The van der Waals surface area contributed by atoms with Crippen LogP contribution in [0.25, 0.3) is 0 Å². The predicted molar refractivity (Wildman–Crippen MR) is 64.4 cm³/mol. The second-order valence-electron chi connectivity index (χ2n) is 5.01. The third-order valence-corrected chi connectivity index (χ3v) is 3.58. The summed E-state index contributed by atoms with van der Waals surface area (Å²) in [6, 6.07) is 3.82. The van der Waals surface area contributed by atoms with E-state index in [1.165, 1.54) is 12.8 Å². The highest BCUT2D eigenvalue weighted by atomic mass is 16.1. The highest BCUT2D eigenvalue weighted by Crippen LogP contribution is 2.30. The van der Waals surface area contributed by atoms with Gasteiger partial charge in [0.15, 0.2) is 5.78 Å². The van der Waals surface area contributed by atoms with Gasteiger partial charge in [-0.3, -0.25) is 9.78 Å². The van der Waals surface area contributed by atoms with Crippen molar-refractivity contribution < 1.29 is 4.79 Å². The zero-order valence-electron chi connectivity index (χ0n) is 10.1. The topological polar surface area (TPSA) is 30.0 Å². The molecule has 1 saturated carbocycles. The fraction of sp³-hybridized carbons (Fsp3) is 0.571. The van der Waals surface area contributed by atoms with E-state index in [1.54, 1.807) is 6.20 Å². The molecule has 0 unspecified atom stereocenters. The molecule has 0 saturated heterocycles. The molecule has 0 bridgehead atoms. The number of aryl methyl sites for hydroxylation is 1. The largest absolute Gasteiger partial charge is 0.294 e. The molecule has 1 aromatic heterocycles. The molecule has 0 atom stereocenters. The SMILES string of the molecule is Cc1ccc(C(=O)C2CCC(C)CC2)cn1. The minimum Gasteiger partial charge on any atom is -0.294 e. The predicted octanol–water partition coefficient (Wildman–Crippen LogP) is 3.40. The number of carbonyl (C=O) groups is 1. The van der Waals surface area contributed by atoms with Crippen LogP contribution in [0.15, 0.2) is 18.3 Å². The molecule has 1 fully saturated rings. The van der Waals surface area contributed by atoms with Crippen LogP contribution >= 0.6 is 0 Å². The number of pyridine rings is 1. The fourth-order valence-corrected chi connectivity index (χ4v) is 2.37. The third kappa shape index (κ3) is 2.49. The first-order chi connectivity index (χ1) is 7.66. The molecule has 0 amide bonds. The minimum absolute atomic E-state index is 0.237. The van der Waals surface area contributed by atoms with Gasteiger partial charge in [0.25, 0.3) is 0 Å². The molecular formula is C14H19NO. The van der Waals surface area contributed by atoms with E-state index in [1.807, 2.05) is 19.1 Å². The Kier molecular flexibility index (Phi) is 3.37. The quantitative estimate of drug-likeness (QED) is 0.711. The van der Waals surface area contributed by atoms with Crippen molar-refractivity contribution in [2.24, 2.45) is 11.8 Å². The van der Waals surface area contributed by atoms with Crippen molar-refractivity contribution in [2.75, 3.05) is 0 Å². The van der Waals surface area contributed by atoms with Gasteiger partial charge in [-0.25, -0.2) is 0 Å². The van der Waals surface area contributed by atoms with Gasteiger partial charge in [-0.05, 0) is 37.8 Å². The molecule has 1 heterocycles. The normalized spacial score (nSPS) is 25.4. The molecule has 0 spiro atoms. The van der Waals surface area contributed by atoms with Gasteiger partial charge >= 0.3 is 0 Å². The van der Waals surface area contributed by atoms with E-state index in [-0.39, 0.29) is 5.92 Å². The van der Waals surface area contributed by atoms with E-state index in [4.69, 9.17) is 0 Å². The maximum atomic E-state index is 12.2. The molecular weight excluding hydrogens is 198 g/mol. The van der Waals surface area contributed by atoms with Crippen molar-refractivity contribution in [2.45, 2.75) is 39.5 Å². The van der Waals surface area contributed by atoms with Gasteiger partial charge in [0.2, 0.25) is 0 Å². The lowest BCUT2D eigenvalue weighted by molar-refractivity contribution is 0.0875. The van der Waals surface area contributed by atoms with E-state index in [2.05, 4.69) is 11.9 Å². The summed E-state index contributed by atoms with van der Waals surface area (Å²) >= 11 is 0. The summed E-state index contributed by atoms with van der Waals surface area (Å²) in [4.78, 5) is 16.4. The molecule has 1 aromatic rings. The Morgan fingerprint density at radius 3 is 2.50 bits per heavy atom. The lowest BCUT2D eigenvalue weighted by Gasteiger charge is -2.24. The van der Waals surface area contributed by atoms with Crippen molar-refractivity contribution >= 4 is 5.78 Å². The monoisotopic (exact) mass is 217 g/mol. The average molecular weight is 217 g/mol. The van der Waals surface area contributed by atoms with Gasteiger partial charge in [-0.1, -0.05) is 19.8 Å². The molecule has 1 aliphatic rings. The summed E-state index contributed by atoms with van der Waals surface area (Å²) in [5, 5.41) is 0. The number of rotatable bonds is 2. The molecule has 0 aliphatic heterocycles. The number of carbonyl (C=O) groups excluding carboxylic acids is 1. The first-order valence-electron chi connectivity index (χ1n) is 6.13. The fourth-order valence-electron chi connectivity index (χ4n) is 2.37. The van der Waals surface area contributed by atoms with E-state index in [0.717, 1.165) is 30.0 Å². The summed E-state index contributed by atoms with van der Waals surface area (Å²) in [6.45, 7) is 4.21. The molecule has 0 aromatic carbocycles. The smallest absolute Gasteiger partial charge is 0.167 e. The highest BCUT2D eigenvalue weighted by molar-refractivity contribution is 5.97. The number of nitrogens with zero attached hydrogens (tertiary/aromatic N) is 1. The van der Waals surface area contributed by atoms with Crippen LogP contribution in [0.2, 0.25) is 0 Å². The number of hydrogen-bond donors (Lipinski definition) is 0. The molecule has 86 valence electrons. The molecule has 0 radical (unpaired) electrons. The Morgan fingerprint density at radius 2 is 1.94 bits per heavy atom. The number of ketones is 1. The van der Waals surface area contributed by atoms with Crippen molar-refractivity contribution in [3.63, 3.8) is 0 Å². The second-order valence-corrected chi connectivity index (χ2v) is 5.01. The van der Waals surface area contributed by atoms with Gasteiger partial charge in [-0.2, -0.15) is 0 Å². The first kappa shape index (κ1) is 11.3. The summed E-state index contributed by atoms with van der Waals surface area (Å²) in [5.41, 5.74) is 1.75. The van der Waals surface area contributed by atoms with Crippen molar-refractivity contribution in [1.82, 2.24) is 4.98 Å². The van der Waals surface area contributed by atoms with E-state index in [9.17, 15) is 4.79 Å². The van der Waals surface area contributed by atoms with Crippen LogP contribution in [-0.2, 0) is 0 Å². The number of Topliss-reactive ketones (excluding diaryl/α,β-unsaturated/α-hetero) is 1. The second kappa shape index (κ2) is 4.77. The van der Waals surface area contributed by atoms with Gasteiger partial charge < -0.3 is 0 Å². The van der Waals surface area contributed by atoms with Crippen molar-refractivity contribution in [3.05, 3.63) is 29.6 Å². The highest BCUT2D eigenvalue weighted by Gasteiger charge is 2.25. The molecule has 1 aliphatic carbocycles. The molecule has 2 nitrogen and oxygen atoms in total. The Bertz CT molecular complexity index is 361. The first-order valence-corrected chi connectivity index (χ1v) is 6.13. The van der Waals surface area contributed by atoms with Crippen LogP contribution in [0.1, 0.15) is 48.7 Å². The maximum Gasteiger partial charge on any atom is 0.167 e. The summed E-state index contributed by atoms with van der Waals surface area (Å²) < 4.78 is 0. The van der Waals surface area contributed by atoms with E-state index >= 15 is 0 Å². The summed E-state index contributed by atoms with van der Waals surface area (Å²) in [6.07, 6.45) is 6.20. The number of aromatic nitrogens is 1. The molecule has 0 N–H and O–H groups in total. The Labute approximate surface area is 97.1 Å².